The van der Waals surface area contributed by atoms with Gasteiger partial charge in [-0.25, -0.2) is 0 Å². The summed E-state index contributed by atoms with van der Waals surface area (Å²) in [6.45, 7) is 16.1. The summed E-state index contributed by atoms with van der Waals surface area (Å²) in [5.41, 5.74) is 3.56. The molecule has 0 aliphatic carbocycles. The fraction of sp³-hybridized carbons (Fsp3) is 0.529. The Morgan fingerprint density at radius 3 is 2.53 bits per heavy atom. The molecule has 0 saturated carbocycles. The van der Waals surface area contributed by atoms with Gasteiger partial charge in [-0.2, -0.15) is 0 Å². The molecule has 1 aromatic carbocycles. The van der Waals surface area contributed by atoms with Crippen molar-refractivity contribution in [3.05, 3.63) is 41.5 Å². The zero-order valence-corrected chi connectivity index (χ0v) is 12.9. The van der Waals surface area contributed by atoms with Crippen molar-refractivity contribution in [1.29, 1.82) is 0 Å². The van der Waals surface area contributed by atoms with Crippen LogP contribution in [0, 0.1) is 6.92 Å². The van der Waals surface area contributed by atoms with Gasteiger partial charge in [0, 0.05) is 12.6 Å². The predicted octanol–water partition coefficient (Wildman–Crippen LogP) is 4.05. The summed E-state index contributed by atoms with van der Waals surface area (Å²) in [6, 6.07) is 6.91. The summed E-state index contributed by atoms with van der Waals surface area (Å²) in [6.07, 6.45) is 0. The molecule has 0 aromatic heterocycles. The zero-order valence-electron chi connectivity index (χ0n) is 12.9. The summed E-state index contributed by atoms with van der Waals surface area (Å²) in [7, 11) is 0. The van der Waals surface area contributed by atoms with Gasteiger partial charge in [-0.15, -0.1) is 0 Å². The predicted molar refractivity (Wildman–Crippen MR) is 83.0 cm³/mol. The molecule has 106 valence electrons. The summed E-state index contributed by atoms with van der Waals surface area (Å²) < 4.78 is 5.88. The highest BCUT2D eigenvalue weighted by Gasteiger charge is 2.05. The summed E-state index contributed by atoms with van der Waals surface area (Å²) in [5, 5.41) is 3.35. The molecule has 0 aliphatic heterocycles. The van der Waals surface area contributed by atoms with Gasteiger partial charge in [-0.1, -0.05) is 46.4 Å². The van der Waals surface area contributed by atoms with Gasteiger partial charge >= 0.3 is 0 Å². The number of hydrogen-bond donors (Lipinski definition) is 1. The van der Waals surface area contributed by atoms with Crippen LogP contribution in [0.3, 0.4) is 0 Å². The van der Waals surface area contributed by atoms with Crippen LogP contribution in [0.2, 0.25) is 0 Å². The molecular formula is C17H27NO. The van der Waals surface area contributed by atoms with E-state index in [2.05, 4.69) is 64.7 Å². The lowest BCUT2D eigenvalue weighted by atomic mass is 10.0. The maximum atomic E-state index is 5.88. The Labute approximate surface area is 117 Å². The molecule has 0 saturated heterocycles. The zero-order chi connectivity index (χ0) is 14.4. The summed E-state index contributed by atoms with van der Waals surface area (Å²) >= 11 is 0. The topological polar surface area (TPSA) is 21.3 Å². The first kappa shape index (κ1) is 15.8. The van der Waals surface area contributed by atoms with Crippen LogP contribution in [0.4, 0.5) is 0 Å². The summed E-state index contributed by atoms with van der Waals surface area (Å²) in [4.78, 5) is 0. The minimum atomic E-state index is 0.475. The number of nitrogens with one attached hydrogen (secondary N) is 1. The van der Waals surface area contributed by atoms with Crippen molar-refractivity contribution in [2.24, 2.45) is 0 Å². The fourth-order valence-electron chi connectivity index (χ4n) is 1.71. The number of aryl methyl sites for hydroxylation is 1. The molecule has 1 rings (SSSR count). The molecule has 2 nitrogen and oxygen atoms in total. The fourth-order valence-corrected chi connectivity index (χ4v) is 1.71. The van der Waals surface area contributed by atoms with E-state index in [0.29, 0.717) is 18.6 Å². The maximum absolute atomic E-state index is 5.88. The van der Waals surface area contributed by atoms with Crippen molar-refractivity contribution in [3.8, 4) is 5.75 Å². The average molecular weight is 261 g/mol. The van der Waals surface area contributed by atoms with Crippen molar-refractivity contribution < 1.29 is 4.74 Å². The Kier molecular flexibility index (Phi) is 6.10. The van der Waals surface area contributed by atoms with E-state index in [1.165, 1.54) is 11.1 Å². The Morgan fingerprint density at radius 2 is 1.95 bits per heavy atom. The lowest BCUT2D eigenvalue weighted by molar-refractivity contribution is 0.344. The molecule has 0 atom stereocenters. The van der Waals surface area contributed by atoms with E-state index < -0.39 is 0 Å². The second kappa shape index (κ2) is 7.34. The average Bonchev–Trinajstić information content (AvgIpc) is 2.35. The van der Waals surface area contributed by atoms with E-state index >= 15 is 0 Å². The Morgan fingerprint density at radius 1 is 1.26 bits per heavy atom. The third kappa shape index (κ3) is 5.48. The smallest absolute Gasteiger partial charge is 0.122 e. The first-order valence-electron chi connectivity index (χ1n) is 7.03. The Hall–Kier alpha value is -1.28. The quantitative estimate of drug-likeness (QED) is 0.748. The largest absolute Gasteiger partial charge is 0.489 e. The van der Waals surface area contributed by atoms with Crippen molar-refractivity contribution in [1.82, 2.24) is 5.32 Å². The van der Waals surface area contributed by atoms with Crippen LogP contribution < -0.4 is 10.1 Å². The van der Waals surface area contributed by atoms with Gasteiger partial charge in [0.15, 0.2) is 0 Å². The SMILES string of the molecule is C=C(CNC(C)C)COc1cc(C(C)C)ccc1C. The van der Waals surface area contributed by atoms with E-state index in [0.717, 1.165) is 17.9 Å². The molecule has 0 fully saturated rings. The van der Waals surface area contributed by atoms with Crippen LogP contribution in [0.5, 0.6) is 5.75 Å². The first-order chi connectivity index (χ1) is 8.90. The molecule has 1 N–H and O–H groups in total. The van der Waals surface area contributed by atoms with Gasteiger partial charge in [0.1, 0.15) is 12.4 Å². The first-order valence-corrected chi connectivity index (χ1v) is 7.03. The minimum absolute atomic E-state index is 0.475. The van der Waals surface area contributed by atoms with Crippen molar-refractivity contribution >= 4 is 0 Å². The van der Waals surface area contributed by atoms with Gasteiger partial charge in [-0.3, -0.25) is 0 Å². The van der Waals surface area contributed by atoms with Crippen molar-refractivity contribution in [2.75, 3.05) is 13.2 Å². The highest BCUT2D eigenvalue weighted by Crippen LogP contribution is 2.24. The highest BCUT2D eigenvalue weighted by molar-refractivity contribution is 5.38. The lowest BCUT2D eigenvalue weighted by Gasteiger charge is -2.15. The van der Waals surface area contributed by atoms with Crippen LogP contribution in [0.25, 0.3) is 0 Å². The van der Waals surface area contributed by atoms with Crippen molar-refractivity contribution in [3.63, 3.8) is 0 Å². The molecule has 1 aromatic rings. The minimum Gasteiger partial charge on any atom is -0.489 e. The van der Waals surface area contributed by atoms with Crippen LogP contribution in [0.15, 0.2) is 30.4 Å². The number of rotatable bonds is 7. The molecule has 0 heterocycles. The molecule has 0 amide bonds. The number of ether oxygens (including phenoxy) is 1. The van der Waals surface area contributed by atoms with Gasteiger partial charge in [0.25, 0.3) is 0 Å². The molecule has 0 aliphatic rings. The van der Waals surface area contributed by atoms with E-state index in [1.54, 1.807) is 0 Å². The number of benzene rings is 1. The molecule has 0 bridgehead atoms. The van der Waals surface area contributed by atoms with Crippen LogP contribution >= 0.6 is 0 Å². The van der Waals surface area contributed by atoms with Crippen LogP contribution in [-0.2, 0) is 0 Å². The van der Waals surface area contributed by atoms with Crippen LogP contribution in [-0.4, -0.2) is 19.2 Å². The monoisotopic (exact) mass is 261 g/mol. The van der Waals surface area contributed by atoms with Crippen molar-refractivity contribution in [2.45, 2.75) is 46.6 Å². The molecular weight excluding hydrogens is 234 g/mol. The summed E-state index contributed by atoms with van der Waals surface area (Å²) in [5.74, 6) is 1.49. The normalized spacial score (nSPS) is 11.1. The maximum Gasteiger partial charge on any atom is 0.122 e. The number of hydrogen-bond acceptors (Lipinski definition) is 2. The molecule has 19 heavy (non-hydrogen) atoms. The van der Waals surface area contributed by atoms with E-state index in [-0.39, 0.29) is 0 Å². The third-order valence-electron chi connectivity index (χ3n) is 3.07. The molecule has 0 unspecified atom stereocenters. The van der Waals surface area contributed by atoms with Crippen LogP contribution in [0.1, 0.15) is 44.7 Å². The van der Waals surface area contributed by atoms with Gasteiger partial charge in [0.05, 0.1) is 0 Å². The van der Waals surface area contributed by atoms with E-state index in [1.807, 2.05) is 0 Å². The van der Waals surface area contributed by atoms with Gasteiger partial charge in [0.2, 0.25) is 0 Å². The van der Waals surface area contributed by atoms with E-state index in [9.17, 15) is 0 Å². The van der Waals surface area contributed by atoms with Gasteiger partial charge < -0.3 is 10.1 Å². The molecule has 0 radical (unpaired) electrons. The highest BCUT2D eigenvalue weighted by atomic mass is 16.5. The Balaban J connectivity index is 2.57. The standard InChI is InChI=1S/C17H27NO/c1-12(2)16-8-7-15(6)17(9-16)19-11-14(5)10-18-13(3)4/h7-9,12-13,18H,5,10-11H2,1-4,6H3. The van der Waals surface area contributed by atoms with Gasteiger partial charge in [-0.05, 0) is 35.6 Å². The Bertz CT molecular complexity index is 421. The second-order valence-electron chi connectivity index (χ2n) is 5.75. The molecule has 2 heteroatoms. The second-order valence-corrected chi connectivity index (χ2v) is 5.75. The molecule has 0 spiro atoms. The van der Waals surface area contributed by atoms with E-state index in [4.69, 9.17) is 4.74 Å². The lowest BCUT2D eigenvalue weighted by Crippen LogP contribution is -2.26. The third-order valence-corrected chi connectivity index (χ3v) is 3.07.